The third-order valence-electron chi connectivity index (χ3n) is 3.19. The minimum absolute atomic E-state index is 0.187. The quantitative estimate of drug-likeness (QED) is 0.751. The molecule has 1 aromatic carbocycles. The lowest BCUT2D eigenvalue weighted by atomic mass is 10.1. The highest BCUT2D eigenvalue weighted by molar-refractivity contribution is 7.82. The molecule has 0 radical (unpaired) electrons. The van der Waals surface area contributed by atoms with Gasteiger partial charge in [0, 0.05) is 12.7 Å². The van der Waals surface area contributed by atoms with Gasteiger partial charge in [-0.15, -0.1) is 0 Å². The summed E-state index contributed by atoms with van der Waals surface area (Å²) < 4.78 is 80.0. The van der Waals surface area contributed by atoms with E-state index in [-0.39, 0.29) is 17.0 Å². The summed E-state index contributed by atoms with van der Waals surface area (Å²) in [5.41, 5.74) is -0.261. The predicted octanol–water partition coefficient (Wildman–Crippen LogP) is 4.01. The molecular formula is C15H13F5N2OS. The van der Waals surface area contributed by atoms with Crippen LogP contribution in [0, 0.1) is 11.6 Å². The van der Waals surface area contributed by atoms with Crippen LogP contribution >= 0.6 is 0 Å². The summed E-state index contributed by atoms with van der Waals surface area (Å²) in [4.78, 5) is 3.32. The van der Waals surface area contributed by atoms with Crippen molar-refractivity contribution >= 4 is 11.0 Å². The Kier molecular flexibility index (Phi) is 5.66. The maximum atomic E-state index is 13.5. The number of nitrogens with zero attached hydrogens (tertiary/aromatic N) is 2. The molecule has 0 aliphatic carbocycles. The van der Waals surface area contributed by atoms with Crippen LogP contribution in [0.15, 0.2) is 47.6 Å². The van der Waals surface area contributed by atoms with Gasteiger partial charge < -0.3 is 0 Å². The van der Waals surface area contributed by atoms with Crippen molar-refractivity contribution in [2.24, 2.45) is 0 Å². The fraction of sp³-hybridized carbons (Fsp3) is 0.267. The van der Waals surface area contributed by atoms with Crippen molar-refractivity contribution < 1.29 is 26.2 Å². The normalized spacial score (nSPS) is 14.6. The van der Waals surface area contributed by atoms with Gasteiger partial charge in [0.15, 0.2) is 0 Å². The molecule has 2 unspecified atom stereocenters. The van der Waals surface area contributed by atoms with Gasteiger partial charge in [-0.05, 0) is 23.8 Å². The Hall–Kier alpha value is -1.87. The second kappa shape index (κ2) is 7.35. The zero-order valence-electron chi connectivity index (χ0n) is 12.4. The van der Waals surface area contributed by atoms with Crippen molar-refractivity contribution in [3.8, 4) is 0 Å². The van der Waals surface area contributed by atoms with Crippen molar-refractivity contribution in [2.75, 3.05) is 6.54 Å². The highest BCUT2D eigenvalue weighted by atomic mass is 32.2. The van der Waals surface area contributed by atoms with Crippen LogP contribution in [0.1, 0.15) is 18.5 Å². The van der Waals surface area contributed by atoms with Crippen LogP contribution in [0.5, 0.6) is 0 Å². The van der Waals surface area contributed by atoms with Crippen LogP contribution in [0.2, 0.25) is 0 Å². The Morgan fingerprint density at radius 1 is 1.12 bits per heavy atom. The summed E-state index contributed by atoms with van der Waals surface area (Å²) >= 11 is 0. The van der Waals surface area contributed by atoms with Crippen LogP contribution in [0.3, 0.4) is 0 Å². The highest BCUT2D eigenvalue weighted by Crippen LogP contribution is 2.39. The molecule has 0 N–H and O–H groups in total. The minimum Gasteiger partial charge on any atom is -0.260 e. The Bertz CT molecular complexity index is 721. The Morgan fingerprint density at radius 3 is 2.25 bits per heavy atom. The molecule has 0 fully saturated rings. The van der Waals surface area contributed by atoms with Crippen molar-refractivity contribution in [1.82, 2.24) is 9.29 Å². The zero-order valence-corrected chi connectivity index (χ0v) is 13.2. The summed E-state index contributed by atoms with van der Waals surface area (Å²) in [6, 6.07) is 2.40. The lowest BCUT2D eigenvalue weighted by Gasteiger charge is -2.31. The van der Waals surface area contributed by atoms with E-state index in [9.17, 15) is 26.2 Å². The van der Waals surface area contributed by atoms with Crippen LogP contribution in [-0.2, 0) is 11.0 Å². The van der Waals surface area contributed by atoms with Gasteiger partial charge >= 0.3 is 6.18 Å². The van der Waals surface area contributed by atoms with E-state index in [0.29, 0.717) is 4.31 Å². The van der Waals surface area contributed by atoms with Gasteiger partial charge in [0.25, 0.3) is 0 Å². The smallest absolute Gasteiger partial charge is 0.260 e. The van der Waals surface area contributed by atoms with Gasteiger partial charge in [-0.1, -0.05) is 19.1 Å². The monoisotopic (exact) mass is 364 g/mol. The van der Waals surface area contributed by atoms with Crippen LogP contribution in [0.4, 0.5) is 22.0 Å². The number of aromatic nitrogens is 1. The van der Waals surface area contributed by atoms with E-state index in [0.717, 1.165) is 42.7 Å². The van der Waals surface area contributed by atoms with E-state index in [1.807, 2.05) is 0 Å². The second-order valence-electron chi connectivity index (χ2n) is 4.82. The first kappa shape index (κ1) is 18.5. The molecule has 2 rings (SSSR count). The van der Waals surface area contributed by atoms with Crippen LogP contribution < -0.4 is 0 Å². The maximum absolute atomic E-state index is 13.5. The molecule has 130 valence electrons. The molecule has 3 nitrogen and oxygen atoms in total. The summed E-state index contributed by atoms with van der Waals surface area (Å²) in [5, 5.41) is 0. The SMILES string of the molecule is CCN(C(c1ccc(F)cc1)C(F)(F)F)S(=O)c1cncc(F)c1. The molecule has 0 aliphatic heterocycles. The minimum atomic E-state index is -4.76. The number of hydrogen-bond acceptors (Lipinski definition) is 2. The molecule has 1 aromatic heterocycles. The molecule has 0 saturated heterocycles. The molecule has 0 aliphatic rings. The Morgan fingerprint density at radius 2 is 1.75 bits per heavy atom. The molecule has 0 spiro atoms. The first-order chi connectivity index (χ1) is 11.2. The molecule has 0 bridgehead atoms. The number of hydrogen-bond donors (Lipinski definition) is 0. The third kappa shape index (κ3) is 4.15. The molecule has 0 saturated carbocycles. The van der Waals surface area contributed by atoms with Crippen molar-refractivity contribution in [3.05, 3.63) is 59.9 Å². The fourth-order valence-corrected chi connectivity index (χ4v) is 3.48. The van der Waals surface area contributed by atoms with Crippen LogP contribution in [0.25, 0.3) is 0 Å². The van der Waals surface area contributed by atoms with Crippen LogP contribution in [-0.4, -0.2) is 26.2 Å². The number of pyridine rings is 1. The van der Waals surface area contributed by atoms with Gasteiger partial charge in [0.05, 0.1) is 11.1 Å². The molecule has 2 aromatic rings. The predicted molar refractivity (Wildman–Crippen MR) is 78.2 cm³/mol. The highest BCUT2D eigenvalue weighted by Gasteiger charge is 2.46. The summed E-state index contributed by atoms with van der Waals surface area (Å²) in [7, 11) is -2.30. The lowest BCUT2D eigenvalue weighted by molar-refractivity contribution is -0.172. The molecular weight excluding hydrogens is 351 g/mol. The lowest BCUT2D eigenvalue weighted by Crippen LogP contribution is -2.39. The molecule has 1 heterocycles. The zero-order chi connectivity index (χ0) is 17.9. The first-order valence-electron chi connectivity index (χ1n) is 6.85. The first-order valence-corrected chi connectivity index (χ1v) is 7.96. The summed E-state index contributed by atoms with van der Waals surface area (Å²) in [5.74, 6) is -1.49. The second-order valence-corrected chi connectivity index (χ2v) is 6.26. The number of alkyl halides is 3. The largest absolute Gasteiger partial charge is 0.409 e. The standard InChI is InChI=1S/C15H13F5N2OS/c1-2-22(24(23)13-7-12(17)8-21-9-13)14(15(18,19)20)10-3-5-11(16)6-4-10/h3-9,14H,2H2,1H3. The molecule has 9 heteroatoms. The fourth-order valence-electron chi connectivity index (χ4n) is 2.18. The third-order valence-corrected chi connectivity index (χ3v) is 4.71. The Balaban J connectivity index is 2.46. The summed E-state index contributed by atoms with van der Waals surface area (Å²) in [6.45, 7) is 1.16. The maximum Gasteiger partial charge on any atom is 0.409 e. The van der Waals surface area contributed by atoms with Crippen molar-refractivity contribution in [1.29, 1.82) is 0 Å². The van der Waals surface area contributed by atoms with E-state index < -0.39 is 34.8 Å². The van der Waals surface area contributed by atoms with Gasteiger partial charge in [0.2, 0.25) is 0 Å². The van der Waals surface area contributed by atoms with Gasteiger partial charge in [-0.25, -0.2) is 17.3 Å². The van der Waals surface area contributed by atoms with Crippen molar-refractivity contribution in [2.45, 2.75) is 24.0 Å². The Labute approximate surface area is 137 Å². The summed E-state index contributed by atoms with van der Waals surface area (Å²) in [6.07, 6.45) is -2.86. The van der Waals surface area contributed by atoms with E-state index >= 15 is 0 Å². The average Bonchev–Trinajstić information content (AvgIpc) is 2.52. The molecule has 24 heavy (non-hydrogen) atoms. The van der Waals surface area contributed by atoms with Gasteiger partial charge in [0.1, 0.15) is 28.7 Å². The van der Waals surface area contributed by atoms with Crippen molar-refractivity contribution in [3.63, 3.8) is 0 Å². The van der Waals surface area contributed by atoms with E-state index in [1.165, 1.54) is 6.92 Å². The van der Waals surface area contributed by atoms with Gasteiger partial charge in [-0.3, -0.25) is 4.98 Å². The topological polar surface area (TPSA) is 33.2 Å². The number of benzene rings is 1. The number of halogens is 5. The molecule has 0 amide bonds. The van der Waals surface area contributed by atoms with E-state index in [4.69, 9.17) is 0 Å². The van der Waals surface area contributed by atoms with E-state index in [1.54, 1.807) is 0 Å². The van der Waals surface area contributed by atoms with E-state index in [2.05, 4.69) is 4.98 Å². The number of rotatable bonds is 5. The molecule has 2 atom stereocenters. The van der Waals surface area contributed by atoms with Gasteiger partial charge in [-0.2, -0.15) is 13.2 Å². The average molecular weight is 364 g/mol.